The smallest absolute Gasteiger partial charge is 0.0501 e. The Labute approximate surface area is 130 Å². The Morgan fingerprint density at radius 1 is 1.10 bits per heavy atom. The summed E-state index contributed by atoms with van der Waals surface area (Å²) in [5.74, 6) is 0. The first-order valence-electron chi connectivity index (χ1n) is 8.60. The van der Waals surface area contributed by atoms with Crippen molar-refractivity contribution in [3.63, 3.8) is 0 Å². The van der Waals surface area contributed by atoms with Crippen LogP contribution < -0.4 is 5.32 Å². The molecule has 1 aromatic carbocycles. The minimum Gasteiger partial charge on any atom is -0.308 e. The summed E-state index contributed by atoms with van der Waals surface area (Å²) in [5, 5.41) is 3.80. The van der Waals surface area contributed by atoms with E-state index in [1.165, 1.54) is 49.9 Å². The zero-order valence-corrected chi connectivity index (χ0v) is 14.3. The number of likely N-dealkylation sites (tertiary alicyclic amines) is 1. The lowest BCUT2D eigenvalue weighted by atomic mass is 9.85. The number of benzene rings is 1. The largest absolute Gasteiger partial charge is 0.308 e. The van der Waals surface area contributed by atoms with Gasteiger partial charge in [-0.15, -0.1) is 0 Å². The van der Waals surface area contributed by atoms with Gasteiger partial charge >= 0.3 is 0 Å². The van der Waals surface area contributed by atoms with Gasteiger partial charge in [-0.2, -0.15) is 0 Å². The van der Waals surface area contributed by atoms with Crippen molar-refractivity contribution in [3.8, 4) is 0 Å². The molecule has 1 unspecified atom stereocenters. The Hall–Kier alpha value is -0.860. The van der Waals surface area contributed by atoms with Gasteiger partial charge in [0.2, 0.25) is 0 Å². The summed E-state index contributed by atoms with van der Waals surface area (Å²) in [6.07, 6.45) is 5.26. The lowest BCUT2D eigenvalue weighted by Crippen LogP contribution is -2.54. The van der Waals surface area contributed by atoms with Crippen molar-refractivity contribution in [2.24, 2.45) is 0 Å². The van der Waals surface area contributed by atoms with Gasteiger partial charge < -0.3 is 5.32 Å². The van der Waals surface area contributed by atoms with E-state index in [4.69, 9.17) is 0 Å². The Morgan fingerprint density at radius 3 is 2.29 bits per heavy atom. The van der Waals surface area contributed by atoms with Crippen LogP contribution in [0.3, 0.4) is 0 Å². The number of nitrogens with zero attached hydrogens (tertiary/aromatic N) is 1. The van der Waals surface area contributed by atoms with Crippen molar-refractivity contribution in [1.82, 2.24) is 10.2 Å². The first-order chi connectivity index (χ1) is 10.1. The third kappa shape index (κ3) is 4.08. The highest BCUT2D eigenvalue weighted by Gasteiger charge is 2.36. The van der Waals surface area contributed by atoms with Crippen molar-refractivity contribution in [3.05, 3.63) is 35.4 Å². The fourth-order valence-corrected chi connectivity index (χ4v) is 3.48. The summed E-state index contributed by atoms with van der Waals surface area (Å²) in [6, 6.07) is 9.48. The van der Waals surface area contributed by atoms with Crippen LogP contribution in [0.1, 0.15) is 63.6 Å². The molecule has 2 rings (SSSR count). The maximum atomic E-state index is 3.80. The summed E-state index contributed by atoms with van der Waals surface area (Å²) in [5.41, 5.74) is 2.92. The van der Waals surface area contributed by atoms with E-state index < -0.39 is 0 Å². The molecule has 0 saturated carbocycles. The number of aryl methyl sites for hydroxylation is 1. The molecule has 0 bridgehead atoms. The molecule has 118 valence electrons. The molecule has 0 amide bonds. The number of piperidine rings is 1. The predicted molar refractivity (Wildman–Crippen MR) is 91.7 cm³/mol. The molecular formula is C19H32N2. The van der Waals surface area contributed by atoms with Gasteiger partial charge in [0.15, 0.2) is 0 Å². The van der Waals surface area contributed by atoms with Crippen LogP contribution in [0.25, 0.3) is 0 Å². The molecular weight excluding hydrogens is 256 g/mol. The van der Waals surface area contributed by atoms with E-state index in [0.29, 0.717) is 6.04 Å². The van der Waals surface area contributed by atoms with Crippen LogP contribution in [0.2, 0.25) is 0 Å². The number of hydrogen-bond acceptors (Lipinski definition) is 2. The molecule has 1 atom stereocenters. The van der Waals surface area contributed by atoms with Crippen molar-refractivity contribution in [2.75, 3.05) is 19.6 Å². The highest BCUT2D eigenvalue weighted by Crippen LogP contribution is 2.33. The van der Waals surface area contributed by atoms with Crippen LogP contribution in [0.4, 0.5) is 0 Å². The van der Waals surface area contributed by atoms with Crippen molar-refractivity contribution < 1.29 is 0 Å². The van der Waals surface area contributed by atoms with E-state index in [1.807, 2.05) is 0 Å². The lowest BCUT2D eigenvalue weighted by Gasteiger charge is -2.46. The maximum Gasteiger partial charge on any atom is 0.0501 e. The van der Waals surface area contributed by atoms with Crippen molar-refractivity contribution in [2.45, 2.75) is 65.0 Å². The molecule has 0 spiro atoms. The van der Waals surface area contributed by atoms with Gasteiger partial charge in [0, 0.05) is 5.54 Å². The summed E-state index contributed by atoms with van der Waals surface area (Å²) >= 11 is 0. The van der Waals surface area contributed by atoms with Crippen LogP contribution in [-0.4, -0.2) is 30.1 Å². The average molecular weight is 288 g/mol. The SMILES string of the molecule is CCCNC(c1ccc(C)cc1)C(C)(C)N1CCCCC1. The Kier molecular flexibility index (Phi) is 5.83. The summed E-state index contributed by atoms with van der Waals surface area (Å²) in [6.45, 7) is 12.8. The lowest BCUT2D eigenvalue weighted by molar-refractivity contribution is 0.0608. The molecule has 1 aliphatic heterocycles. The monoisotopic (exact) mass is 288 g/mol. The second-order valence-electron chi connectivity index (χ2n) is 7.00. The second-order valence-corrected chi connectivity index (χ2v) is 7.00. The van der Waals surface area contributed by atoms with Crippen LogP contribution in [0, 0.1) is 6.92 Å². The normalized spacial score (nSPS) is 18.7. The number of hydrogen-bond donors (Lipinski definition) is 1. The molecule has 1 fully saturated rings. The second kappa shape index (κ2) is 7.42. The summed E-state index contributed by atoms with van der Waals surface area (Å²) < 4.78 is 0. The maximum absolute atomic E-state index is 3.80. The quantitative estimate of drug-likeness (QED) is 0.839. The first-order valence-corrected chi connectivity index (χ1v) is 8.60. The minimum absolute atomic E-state index is 0.158. The average Bonchev–Trinajstić information content (AvgIpc) is 2.50. The number of rotatable bonds is 6. The van der Waals surface area contributed by atoms with Crippen LogP contribution >= 0.6 is 0 Å². The Bertz CT molecular complexity index is 416. The summed E-state index contributed by atoms with van der Waals surface area (Å²) in [4.78, 5) is 2.68. The fourth-order valence-electron chi connectivity index (χ4n) is 3.48. The van der Waals surface area contributed by atoms with E-state index in [1.54, 1.807) is 0 Å². The molecule has 1 aliphatic rings. The first kappa shape index (κ1) is 16.5. The van der Waals surface area contributed by atoms with E-state index >= 15 is 0 Å². The zero-order valence-electron chi connectivity index (χ0n) is 14.3. The van der Waals surface area contributed by atoms with Gasteiger partial charge in [-0.3, -0.25) is 4.90 Å². The molecule has 2 heteroatoms. The van der Waals surface area contributed by atoms with E-state index in [0.717, 1.165) is 6.54 Å². The van der Waals surface area contributed by atoms with Crippen LogP contribution in [0.15, 0.2) is 24.3 Å². The van der Waals surface area contributed by atoms with Crippen molar-refractivity contribution >= 4 is 0 Å². The standard InChI is InChI=1S/C19H32N2/c1-5-13-20-18(17-11-9-16(2)10-12-17)19(3,4)21-14-7-6-8-15-21/h9-12,18,20H,5-8,13-15H2,1-4H3. The summed E-state index contributed by atoms with van der Waals surface area (Å²) in [7, 11) is 0. The van der Waals surface area contributed by atoms with Gasteiger partial charge in [0.1, 0.15) is 0 Å². The third-order valence-corrected chi connectivity index (χ3v) is 4.89. The van der Waals surface area contributed by atoms with Gasteiger partial charge in [0.25, 0.3) is 0 Å². The molecule has 1 heterocycles. The Balaban J connectivity index is 2.22. The third-order valence-electron chi connectivity index (χ3n) is 4.89. The highest BCUT2D eigenvalue weighted by atomic mass is 15.2. The molecule has 0 aromatic heterocycles. The topological polar surface area (TPSA) is 15.3 Å². The van der Waals surface area contributed by atoms with Gasteiger partial charge in [0.05, 0.1) is 6.04 Å². The van der Waals surface area contributed by atoms with Gasteiger partial charge in [-0.1, -0.05) is 43.2 Å². The van der Waals surface area contributed by atoms with E-state index in [2.05, 4.69) is 62.2 Å². The predicted octanol–water partition coefficient (Wildman–Crippen LogP) is 4.30. The van der Waals surface area contributed by atoms with Crippen LogP contribution in [0.5, 0.6) is 0 Å². The van der Waals surface area contributed by atoms with Gasteiger partial charge in [-0.25, -0.2) is 0 Å². The molecule has 1 aromatic rings. The highest BCUT2D eigenvalue weighted by molar-refractivity contribution is 5.26. The molecule has 0 radical (unpaired) electrons. The van der Waals surface area contributed by atoms with Gasteiger partial charge in [-0.05, 0) is 65.2 Å². The van der Waals surface area contributed by atoms with E-state index in [-0.39, 0.29) is 5.54 Å². The van der Waals surface area contributed by atoms with Crippen LogP contribution in [-0.2, 0) is 0 Å². The van der Waals surface area contributed by atoms with Crippen molar-refractivity contribution in [1.29, 1.82) is 0 Å². The molecule has 21 heavy (non-hydrogen) atoms. The molecule has 2 nitrogen and oxygen atoms in total. The minimum atomic E-state index is 0.158. The fraction of sp³-hybridized carbons (Fsp3) is 0.684. The molecule has 1 saturated heterocycles. The number of nitrogens with one attached hydrogen (secondary N) is 1. The molecule has 1 N–H and O–H groups in total. The van der Waals surface area contributed by atoms with E-state index in [9.17, 15) is 0 Å². The Morgan fingerprint density at radius 2 is 1.71 bits per heavy atom. The zero-order chi connectivity index (χ0) is 15.3. The molecule has 0 aliphatic carbocycles.